The van der Waals surface area contributed by atoms with E-state index in [1.807, 2.05) is 14.0 Å². The Morgan fingerprint density at radius 2 is 2.00 bits per heavy atom. The van der Waals surface area contributed by atoms with Crippen LogP contribution in [0.3, 0.4) is 0 Å². The van der Waals surface area contributed by atoms with E-state index >= 15 is 0 Å². The number of rotatable bonds is 2. The molecule has 1 saturated carbocycles. The first kappa shape index (κ1) is 15.8. The predicted octanol–water partition coefficient (Wildman–Crippen LogP) is 3.71. The van der Waals surface area contributed by atoms with Crippen molar-refractivity contribution in [3.8, 4) is 0 Å². The van der Waals surface area contributed by atoms with Crippen LogP contribution in [0.1, 0.15) is 51.3 Å². The Balaban J connectivity index is 2.14. The Hall–Kier alpha value is -0.540. The van der Waals surface area contributed by atoms with E-state index in [1.165, 1.54) is 18.4 Å². The Kier molecular flexibility index (Phi) is 4.50. The third-order valence-corrected chi connectivity index (χ3v) is 5.47. The fourth-order valence-electron chi connectivity index (χ4n) is 3.48. The van der Waals surface area contributed by atoms with Gasteiger partial charge < -0.3 is 5.73 Å². The molecule has 1 aromatic rings. The molecular weight excluding hydrogens is 270 g/mol. The van der Waals surface area contributed by atoms with Crippen LogP contribution >= 0.6 is 11.6 Å². The molecule has 3 nitrogen and oxygen atoms in total. The highest BCUT2D eigenvalue weighted by Crippen LogP contribution is 2.41. The average molecular weight is 298 g/mol. The van der Waals surface area contributed by atoms with Gasteiger partial charge in [0.2, 0.25) is 0 Å². The van der Waals surface area contributed by atoms with Gasteiger partial charge in [0.25, 0.3) is 0 Å². The van der Waals surface area contributed by atoms with E-state index in [1.54, 1.807) is 4.68 Å². The summed E-state index contributed by atoms with van der Waals surface area (Å²) >= 11 is 6.37. The van der Waals surface area contributed by atoms with Gasteiger partial charge >= 0.3 is 0 Å². The molecule has 0 bridgehead atoms. The molecule has 1 aromatic heterocycles. The minimum atomic E-state index is 0.296. The van der Waals surface area contributed by atoms with E-state index < -0.39 is 0 Å². The highest BCUT2D eigenvalue weighted by molar-refractivity contribution is 6.30. The second kappa shape index (κ2) is 5.69. The Morgan fingerprint density at radius 3 is 2.50 bits per heavy atom. The molecule has 0 aliphatic heterocycles. The molecule has 0 radical (unpaired) electrons. The lowest BCUT2D eigenvalue weighted by molar-refractivity contribution is 0.126. The molecule has 3 atom stereocenters. The maximum atomic E-state index is 6.37. The van der Waals surface area contributed by atoms with Crippen LogP contribution in [0, 0.1) is 24.2 Å². The molecule has 2 N–H and O–H groups in total. The second-order valence-electron chi connectivity index (χ2n) is 7.48. The fourth-order valence-corrected chi connectivity index (χ4v) is 3.73. The van der Waals surface area contributed by atoms with E-state index in [-0.39, 0.29) is 0 Å². The number of hydrogen-bond acceptors (Lipinski definition) is 2. The summed E-state index contributed by atoms with van der Waals surface area (Å²) in [4.78, 5) is 0. The van der Waals surface area contributed by atoms with E-state index in [0.717, 1.165) is 29.6 Å². The molecule has 0 saturated heterocycles. The van der Waals surface area contributed by atoms with Gasteiger partial charge in [-0.3, -0.25) is 4.68 Å². The summed E-state index contributed by atoms with van der Waals surface area (Å²) in [5.41, 5.74) is 8.96. The summed E-state index contributed by atoms with van der Waals surface area (Å²) in [6.07, 6.45) is 4.55. The molecule has 1 aliphatic carbocycles. The fraction of sp³-hybridized carbons (Fsp3) is 0.812. The summed E-state index contributed by atoms with van der Waals surface area (Å²) in [6, 6.07) is 0.296. The Labute approximate surface area is 127 Å². The summed E-state index contributed by atoms with van der Waals surface area (Å²) in [6.45, 7) is 9.06. The largest absolute Gasteiger partial charge is 0.327 e. The molecule has 20 heavy (non-hydrogen) atoms. The van der Waals surface area contributed by atoms with Gasteiger partial charge in [0.15, 0.2) is 0 Å². The van der Waals surface area contributed by atoms with Crippen LogP contribution < -0.4 is 5.73 Å². The number of aryl methyl sites for hydroxylation is 2. The minimum absolute atomic E-state index is 0.296. The summed E-state index contributed by atoms with van der Waals surface area (Å²) in [5.74, 6) is 1.27. The van der Waals surface area contributed by atoms with E-state index in [4.69, 9.17) is 17.3 Å². The van der Waals surface area contributed by atoms with Gasteiger partial charge in [0.1, 0.15) is 5.15 Å². The highest BCUT2D eigenvalue weighted by atomic mass is 35.5. The van der Waals surface area contributed by atoms with Crippen molar-refractivity contribution >= 4 is 11.6 Å². The van der Waals surface area contributed by atoms with Crippen molar-refractivity contribution < 1.29 is 0 Å². The third-order valence-electron chi connectivity index (χ3n) is 5.00. The van der Waals surface area contributed by atoms with Crippen LogP contribution in [-0.2, 0) is 13.5 Å². The van der Waals surface area contributed by atoms with Gasteiger partial charge in [-0.05, 0) is 49.9 Å². The molecule has 1 heterocycles. The van der Waals surface area contributed by atoms with Crippen molar-refractivity contribution in [1.82, 2.24) is 9.78 Å². The van der Waals surface area contributed by atoms with Crippen LogP contribution in [0.2, 0.25) is 5.15 Å². The molecule has 114 valence electrons. The molecule has 1 aliphatic rings. The van der Waals surface area contributed by atoms with Gasteiger partial charge in [0.05, 0.1) is 5.69 Å². The summed E-state index contributed by atoms with van der Waals surface area (Å²) in [7, 11) is 1.90. The maximum absolute atomic E-state index is 6.37. The topological polar surface area (TPSA) is 43.8 Å². The lowest BCUT2D eigenvalue weighted by atomic mass is 9.66. The Morgan fingerprint density at radius 1 is 1.35 bits per heavy atom. The zero-order valence-electron chi connectivity index (χ0n) is 13.4. The lowest BCUT2D eigenvalue weighted by Gasteiger charge is -2.40. The Bertz CT molecular complexity index is 473. The van der Waals surface area contributed by atoms with Crippen molar-refractivity contribution in [3.05, 3.63) is 16.4 Å². The first-order valence-corrected chi connectivity index (χ1v) is 8.01. The number of aromatic nitrogens is 2. The second-order valence-corrected chi connectivity index (χ2v) is 7.84. The lowest BCUT2D eigenvalue weighted by Crippen LogP contribution is -2.40. The van der Waals surface area contributed by atoms with Crippen molar-refractivity contribution in [2.75, 3.05) is 0 Å². The summed E-state index contributed by atoms with van der Waals surface area (Å²) < 4.78 is 1.77. The highest BCUT2D eigenvalue weighted by Gasteiger charge is 2.35. The minimum Gasteiger partial charge on any atom is -0.327 e. The molecule has 4 heteroatoms. The molecule has 1 fully saturated rings. The van der Waals surface area contributed by atoms with E-state index in [9.17, 15) is 0 Å². The molecule has 0 spiro atoms. The predicted molar refractivity (Wildman–Crippen MR) is 84.9 cm³/mol. The van der Waals surface area contributed by atoms with Crippen LogP contribution in [-0.4, -0.2) is 15.8 Å². The molecular formula is C16H28ClN3. The maximum Gasteiger partial charge on any atom is 0.130 e. The average Bonchev–Trinajstić information content (AvgIpc) is 2.57. The van der Waals surface area contributed by atoms with Crippen LogP contribution in [0.15, 0.2) is 0 Å². The van der Waals surface area contributed by atoms with Crippen molar-refractivity contribution in [2.45, 2.75) is 59.4 Å². The molecule has 3 unspecified atom stereocenters. The van der Waals surface area contributed by atoms with Gasteiger partial charge in [0, 0.05) is 18.7 Å². The van der Waals surface area contributed by atoms with Crippen LogP contribution in [0.4, 0.5) is 0 Å². The normalized spacial score (nSPS) is 27.9. The molecule has 2 rings (SSSR count). The van der Waals surface area contributed by atoms with Crippen LogP contribution in [0.5, 0.6) is 0 Å². The molecule has 0 amide bonds. The van der Waals surface area contributed by atoms with Gasteiger partial charge in [-0.25, -0.2) is 0 Å². The van der Waals surface area contributed by atoms with Gasteiger partial charge in [-0.1, -0.05) is 32.4 Å². The molecule has 0 aromatic carbocycles. The quantitative estimate of drug-likeness (QED) is 0.904. The van der Waals surface area contributed by atoms with E-state index in [2.05, 4.69) is 25.9 Å². The van der Waals surface area contributed by atoms with Gasteiger partial charge in [-0.15, -0.1) is 0 Å². The monoisotopic (exact) mass is 297 g/mol. The first-order chi connectivity index (χ1) is 9.20. The van der Waals surface area contributed by atoms with Gasteiger partial charge in [-0.2, -0.15) is 5.10 Å². The number of hydrogen-bond donors (Lipinski definition) is 1. The van der Waals surface area contributed by atoms with E-state index in [0.29, 0.717) is 17.4 Å². The zero-order valence-corrected chi connectivity index (χ0v) is 14.2. The smallest absolute Gasteiger partial charge is 0.130 e. The third kappa shape index (κ3) is 3.20. The van der Waals surface area contributed by atoms with Crippen molar-refractivity contribution in [1.29, 1.82) is 0 Å². The number of nitrogens with two attached hydrogens (primary N) is 1. The number of halogens is 1. The van der Waals surface area contributed by atoms with Crippen molar-refractivity contribution in [2.24, 2.45) is 30.0 Å². The SMILES string of the molecule is Cc1nn(C)c(Cl)c1CC1CC(C(C)(C)C)CCC1N. The first-order valence-electron chi connectivity index (χ1n) is 7.63. The van der Waals surface area contributed by atoms with Crippen LogP contribution in [0.25, 0.3) is 0 Å². The van der Waals surface area contributed by atoms with Crippen molar-refractivity contribution in [3.63, 3.8) is 0 Å². The standard InChI is InChI=1S/C16H28ClN3/c1-10-13(15(17)20(5)19-10)9-11-8-12(16(2,3)4)6-7-14(11)18/h11-12,14H,6-9,18H2,1-5H3. The zero-order chi connectivity index (χ0) is 15.1. The summed E-state index contributed by atoms with van der Waals surface area (Å²) in [5, 5.41) is 5.18. The number of nitrogens with zero attached hydrogens (tertiary/aromatic N) is 2.